The number of nitrogens with zero attached hydrogens (tertiary/aromatic N) is 1. The Morgan fingerprint density at radius 2 is 1.97 bits per heavy atom. The summed E-state index contributed by atoms with van der Waals surface area (Å²) in [6.07, 6.45) is 2.19. The van der Waals surface area contributed by atoms with E-state index in [-0.39, 0.29) is 35.3 Å². The molecule has 3 N–H and O–H groups in total. The quantitative estimate of drug-likeness (QED) is 0.383. The van der Waals surface area contributed by atoms with Crippen LogP contribution in [0.5, 0.6) is 0 Å². The minimum Gasteiger partial charge on any atom is -0.456 e. The lowest BCUT2D eigenvalue weighted by Crippen LogP contribution is -2.46. The number of hydrogen-bond acceptors (Lipinski definition) is 9. The molecule has 1 aromatic heterocycles. The topological polar surface area (TPSA) is 143 Å². The molecule has 2 saturated heterocycles. The SMILES string of the molecule is CCC1C(=O)C(C)(C)C(O)CC(=O)O[C@H](C(Cl)=Cc2coc(CO)n2)C[C@@H]2O[C@]2(C)CCC[C@H](C)[C@@H]1O. The van der Waals surface area contributed by atoms with Crippen LogP contribution in [0.2, 0.25) is 0 Å². The zero-order valence-electron chi connectivity index (χ0n) is 22.3. The van der Waals surface area contributed by atoms with Crippen LogP contribution in [0.25, 0.3) is 6.08 Å². The summed E-state index contributed by atoms with van der Waals surface area (Å²) in [5, 5.41) is 31.3. The van der Waals surface area contributed by atoms with Gasteiger partial charge in [-0.2, -0.15) is 0 Å². The number of fused-ring (bicyclic) bond motifs is 1. The molecule has 0 saturated carbocycles. The number of aromatic nitrogens is 1. The summed E-state index contributed by atoms with van der Waals surface area (Å²) in [6, 6.07) is 0. The Balaban J connectivity index is 1.87. The third kappa shape index (κ3) is 7.00. The molecule has 0 amide bonds. The number of oxazole rings is 1. The fourth-order valence-electron chi connectivity index (χ4n) is 5.10. The molecular weight excluding hydrogens is 502 g/mol. The Labute approximate surface area is 223 Å². The van der Waals surface area contributed by atoms with E-state index in [2.05, 4.69) is 4.98 Å². The van der Waals surface area contributed by atoms with Gasteiger partial charge in [0.1, 0.15) is 30.5 Å². The van der Waals surface area contributed by atoms with Gasteiger partial charge in [-0.3, -0.25) is 9.59 Å². The van der Waals surface area contributed by atoms with E-state index in [4.69, 9.17) is 25.5 Å². The van der Waals surface area contributed by atoms with Crippen molar-refractivity contribution in [2.24, 2.45) is 17.3 Å². The van der Waals surface area contributed by atoms with E-state index in [9.17, 15) is 24.9 Å². The molecule has 10 heteroatoms. The second kappa shape index (κ2) is 11.9. The molecule has 7 atom stereocenters. The molecule has 2 aliphatic heterocycles. The van der Waals surface area contributed by atoms with Gasteiger partial charge in [-0.1, -0.05) is 45.7 Å². The van der Waals surface area contributed by atoms with Crippen molar-refractivity contribution in [3.8, 4) is 0 Å². The highest BCUT2D eigenvalue weighted by Crippen LogP contribution is 2.45. The minimum atomic E-state index is -1.31. The van der Waals surface area contributed by atoms with Gasteiger partial charge in [-0.15, -0.1) is 0 Å². The molecule has 2 aliphatic rings. The molecule has 0 bridgehead atoms. The summed E-state index contributed by atoms with van der Waals surface area (Å²) < 4.78 is 16.8. The standard InChI is InChI=1S/C27H40ClNO8/c1-6-17-24(33)15(2)8-7-9-27(5)21(37-27)11-19(18(28)10-16-14-35-22(13-30)29-16)36-23(32)12-20(31)26(3,4)25(17)34/h10,14-15,17,19-21,24,30-31,33H,6-9,11-13H2,1-5H3/t15-,17?,19-,20?,21-,24-,27+/m0/s1. The smallest absolute Gasteiger partial charge is 0.309 e. The fraction of sp³-hybridized carbons (Fsp3) is 0.741. The molecule has 2 unspecified atom stereocenters. The molecule has 3 rings (SSSR count). The van der Waals surface area contributed by atoms with Gasteiger partial charge in [-0.25, -0.2) is 4.98 Å². The number of aliphatic hydroxyl groups is 3. The number of ether oxygens (including phenoxy) is 2. The highest BCUT2D eigenvalue weighted by molar-refractivity contribution is 6.32. The molecule has 1 aromatic rings. The average Bonchev–Trinajstić information content (AvgIpc) is 3.24. The zero-order chi connectivity index (χ0) is 27.5. The Bertz CT molecular complexity index is 991. The van der Waals surface area contributed by atoms with E-state index >= 15 is 0 Å². The van der Waals surface area contributed by atoms with Gasteiger partial charge >= 0.3 is 5.97 Å². The molecule has 9 nitrogen and oxygen atoms in total. The first-order valence-electron chi connectivity index (χ1n) is 13.0. The van der Waals surface area contributed by atoms with Crippen molar-refractivity contribution in [1.82, 2.24) is 4.98 Å². The summed E-state index contributed by atoms with van der Waals surface area (Å²) in [6.45, 7) is 8.59. The van der Waals surface area contributed by atoms with Crippen LogP contribution in [-0.2, 0) is 25.7 Å². The van der Waals surface area contributed by atoms with E-state index in [1.54, 1.807) is 13.8 Å². The predicted octanol–water partition coefficient (Wildman–Crippen LogP) is 3.76. The van der Waals surface area contributed by atoms with Crippen molar-refractivity contribution in [2.45, 2.75) is 110 Å². The Kier molecular flexibility index (Phi) is 9.61. The molecule has 0 aliphatic carbocycles. The number of aliphatic hydroxyl groups excluding tert-OH is 3. The number of carbonyl (C=O) groups is 2. The van der Waals surface area contributed by atoms with Crippen molar-refractivity contribution >= 4 is 29.4 Å². The number of cyclic esters (lactones) is 1. The predicted molar refractivity (Wildman–Crippen MR) is 136 cm³/mol. The maximum atomic E-state index is 13.4. The maximum Gasteiger partial charge on any atom is 0.309 e. The van der Waals surface area contributed by atoms with Crippen LogP contribution in [0.15, 0.2) is 15.7 Å². The highest BCUT2D eigenvalue weighted by atomic mass is 35.5. The lowest BCUT2D eigenvalue weighted by atomic mass is 9.71. The van der Waals surface area contributed by atoms with E-state index in [1.165, 1.54) is 12.3 Å². The number of carbonyl (C=O) groups excluding carboxylic acids is 2. The zero-order valence-corrected chi connectivity index (χ0v) is 23.0. The second-order valence-electron chi connectivity index (χ2n) is 11.2. The largest absolute Gasteiger partial charge is 0.456 e. The average molecular weight is 542 g/mol. The first-order valence-corrected chi connectivity index (χ1v) is 13.4. The lowest BCUT2D eigenvalue weighted by Gasteiger charge is -2.35. The molecule has 2 fully saturated rings. The number of ketones is 1. The second-order valence-corrected chi connectivity index (χ2v) is 11.6. The molecule has 0 aromatic carbocycles. The van der Waals surface area contributed by atoms with Crippen LogP contribution in [0, 0.1) is 17.3 Å². The van der Waals surface area contributed by atoms with E-state index in [0.717, 1.165) is 19.3 Å². The monoisotopic (exact) mass is 541 g/mol. The fourth-order valence-corrected chi connectivity index (χ4v) is 5.35. The van der Waals surface area contributed by atoms with Crippen LogP contribution in [-0.4, -0.2) is 62.1 Å². The minimum absolute atomic E-state index is 0.114. The number of Topliss-reactive ketones (excluding diaryl/α,β-unsaturated/α-hetero) is 1. The van der Waals surface area contributed by atoms with Crippen molar-refractivity contribution in [1.29, 1.82) is 0 Å². The summed E-state index contributed by atoms with van der Waals surface area (Å²) in [5.74, 6) is -1.63. The van der Waals surface area contributed by atoms with Crippen molar-refractivity contribution in [2.75, 3.05) is 0 Å². The molecule has 208 valence electrons. The highest BCUT2D eigenvalue weighted by Gasteiger charge is 2.53. The first kappa shape index (κ1) is 29.8. The van der Waals surface area contributed by atoms with Crippen molar-refractivity contribution in [3.05, 3.63) is 22.9 Å². The first-order chi connectivity index (χ1) is 17.3. The summed E-state index contributed by atoms with van der Waals surface area (Å²) in [5.41, 5.74) is -1.32. The number of rotatable bonds is 4. The molecular formula is C27H40ClNO8. The van der Waals surface area contributed by atoms with Crippen LogP contribution in [0.4, 0.5) is 0 Å². The van der Waals surface area contributed by atoms with Gasteiger partial charge in [-0.05, 0) is 38.2 Å². The Morgan fingerprint density at radius 1 is 1.27 bits per heavy atom. The van der Waals surface area contributed by atoms with Crippen LogP contribution in [0.3, 0.4) is 0 Å². The lowest BCUT2D eigenvalue weighted by molar-refractivity contribution is -0.154. The van der Waals surface area contributed by atoms with Crippen LogP contribution in [0.1, 0.15) is 84.7 Å². The summed E-state index contributed by atoms with van der Waals surface area (Å²) in [4.78, 5) is 30.4. The van der Waals surface area contributed by atoms with Gasteiger partial charge in [0.25, 0.3) is 0 Å². The number of halogens is 1. The molecule has 3 heterocycles. The van der Waals surface area contributed by atoms with E-state index < -0.39 is 47.6 Å². The third-order valence-electron chi connectivity index (χ3n) is 7.97. The summed E-state index contributed by atoms with van der Waals surface area (Å²) in [7, 11) is 0. The van der Waals surface area contributed by atoms with E-state index in [1.807, 2.05) is 20.8 Å². The van der Waals surface area contributed by atoms with E-state index in [0.29, 0.717) is 18.5 Å². The molecule has 37 heavy (non-hydrogen) atoms. The van der Waals surface area contributed by atoms with Crippen molar-refractivity contribution < 1.29 is 38.8 Å². The van der Waals surface area contributed by atoms with Crippen molar-refractivity contribution in [3.63, 3.8) is 0 Å². The van der Waals surface area contributed by atoms with Gasteiger partial charge < -0.3 is 29.2 Å². The van der Waals surface area contributed by atoms with Crippen LogP contribution >= 0.6 is 11.6 Å². The van der Waals surface area contributed by atoms with Gasteiger partial charge in [0.2, 0.25) is 5.89 Å². The summed E-state index contributed by atoms with van der Waals surface area (Å²) >= 11 is 6.57. The molecule has 0 radical (unpaired) electrons. The molecule has 0 spiro atoms. The third-order valence-corrected chi connectivity index (χ3v) is 8.32. The van der Waals surface area contributed by atoms with Gasteiger partial charge in [0, 0.05) is 12.3 Å². The number of epoxide rings is 1. The van der Waals surface area contributed by atoms with Gasteiger partial charge in [0.15, 0.2) is 0 Å². The Hall–Kier alpha value is -1.78. The number of hydrogen-bond donors (Lipinski definition) is 3. The number of esters is 1. The Morgan fingerprint density at radius 3 is 2.59 bits per heavy atom. The normalized spacial score (nSPS) is 36.1. The van der Waals surface area contributed by atoms with Crippen LogP contribution < -0.4 is 0 Å². The van der Waals surface area contributed by atoms with Gasteiger partial charge in [0.05, 0.1) is 40.8 Å². The maximum absolute atomic E-state index is 13.4.